The molecule has 0 amide bonds. The van der Waals surface area contributed by atoms with E-state index in [1.165, 1.54) is 12.8 Å². The second kappa shape index (κ2) is 5.56. The fourth-order valence-corrected chi connectivity index (χ4v) is 3.03. The van der Waals surface area contributed by atoms with Crippen molar-refractivity contribution in [1.29, 1.82) is 0 Å². The van der Waals surface area contributed by atoms with E-state index in [0.717, 1.165) is 13.1 Å². The average Bonchev–Trinajstić information content (AvgIpc) is 2.94. The first-order chi connectivity index (χ1) is 8.25. The van der Waals surface area contributed by atoms with Crippen molar-refractivity contribution in [3.63, 3.8) is 0 Å². The Morgan fingerprint density at radius 2 is 1.83 bits per heavy atom. The van der Waals surface area contributed by atoms with Crippen LogP contribution in [0.1, 0.15) is 12.8 Å². The van der Waals surface area contributed by atoms with Gasteiger partial charge in [-0.3, -0.25) is 4.90 Å². The van der Waals surface area contributed by atoms with Crippen molar-refractivity contribution in [3.8, 4) is 0 Å². The van der Waals surface area contributed by atoms with Gasteiger partial charge in [0, 0.05) is 0 Å². The van der Waals surface area contributed by atoms with Crippen LogP contribution in [-0.2, 0) is 14.3 Å². The number of hydrogen-bond donors (Lipinski definition) is 0. The van der Waals surface area contributed by atoms with E-state index in [4.69, 9.17) is 9.47 Å². The van der Waals surface area contributed by atoms with Crippen LogP contribution in [0.2, 0.25) is 0 Å². The van der Waals surface area contributed by atoms with Gasteiger partial charge in [0.2, 0.25) is 0 Å². The van der Waals surface area contributed by atoms with E-state index >= 15 is 0 Å². The van der Waals surface area contributed by atoms with Crippen molar-refractivity contribution in [2.75, 3.05) is 26.3 Å². The molecule has 3 aliphatic rings. The Kier molecular flexibility index (Phi) is 4.26. The third kappa shape index (κ3) is 2.40. The molecular formula is C10H17ClN2O5. The van der Waals surface area contributed by atoms with Crippen LogP contribution < -0.4 is 0 Å². The van der Waals surface area contributed by atoms with Gasteiger partial charge in [-0.15, -0.1) is 22.5 Å². The van der Waals surface area contributed by atoms with Crippen molar-refractivity contribution in [1.82, 2.24) is 4.90 Å². The fraction of sp³-hybridized carbons (Fsp3) is 1.00. The van der Waals surface area contributed by atoms with Crippen LogP contribution in [0.25, 0.3) is 0 Å². The topological polar surface area (TPSA) is 74.1 Å². The molecule has 7 nitrogen and oxygen atoms in total. The molecule has 18 heavy (non-hydrogen) atoms. The smallest absolute Gasteiger partial charge is 0.294 e. The summed E-state index contributed by atoms with van der Waals surface area (Å²) in [6.07, 6.45) is 1.50. The van der Waals surface area contributed by atoms with Crippen LogP contribution in [0.5, 0.6) is 0 Å². The first kappa shape index (κ1) is 13.8. The Hall–Kier alpha value is -0.630. The molecule has 8 heteroatoms. The minimum atomic E-state index is -0.761. The van der Waals surface area contributed by atoms with Crippen LogP contribution in [-0.4, -0.2) is 60.6 Å². The Morgan fingerprint density at radius 1 is 1.17 bits per heavy atom. The minimum Gasteiger partial charge on any atom is -0.371 e. The van der Waals surface area contributed by atoms with E-state index in [-0.39, 0.29) is 37.3 Å². The van der Waals surface area contributed by atoms with Crippen LogP contribution in [0.15, 0.2) is 0 Å². The van der Waals surface area contributed by atoms with Crippen molar-refractivity contribution in [2.24, 2.45) is 0 Å². The monoisotopic (exact) mass is 280 g/mol. The van der Waals surface area contributed by atoms with Crippen molar-refractivity contribution in [2.45, 2.75) is 37.2 Å². The molecule has 0 aromatic heterocycles. The molecule has 0 radical (unpaired) electrons. The lowest BCUT2D eigenvalue weighted by molar-refractivity contribution is -0.769. The van der Waals surface area contributed by atoms with Gasteiger partial charge < -0.3 is 14.3 Å². The Morgan fingerprint density at radius 3 is 2.50 bits per heavy atom. The first-order valence-corrected chi connectivity index (χ1v) is 6.04. The number of halogens is 1. The zero-order chi connectivity index (χ0) is 11.8. The number of hydrogen-bond acceptors (Lipinski definition) is 6. The molecule has 0 saturated carbocycles. The number of nitrogens with zero attached hydrogens (tertiary/aromatic N) is 2. The maximum Gasteiger partial charge on any atom is 0.294 e. The van der Waals surface area contributed by atoms with E-state index in [1.807, 2.05) is 0 Å². The molecule has 3 saturated heterocycles. The fourth-order valence-electron chi connectivity index (χ4n) is 3.03. The molecule has 3 aliphatic heterocycles. The molecule has 3 fully saturated rings. The molecule has 3 heterocycles. The summed E-state index contributed by atoms with van der Waals surface area (Å²) in [4.78, 5) is 17.3. The molecule has 0 aliphatic carbocycles. The molecule has 0 spiro atoms. The van der Waals surface area contributed by atoms with E-state index in [1.54, 1.807) is 0 Å². The highest BCUT2D eigenvalue weighted by molar-refractivity contribution is 5.85. The Balaban J connectivity index is 0.00000120. The van der Waals surface area contributed by atoms with Crippen LogP contribution in [0.4, 0.5) is 0 Å². The summed E-state index contributed by atoms with van der Waals surface area (Å²) >= 11 is 0. The van der Waals surface area contributed by atoms with Crippen molar-refractivity contribution in [3.05, 3.63) is 10.1 Å². The van der Waals surface area contributed by atoms with Crippen molar-refractivity contribution < 1.29 is 19.4 Å². The lowest BCUT2D eigenvalue weighted by Gasteiger charge is -2.26. The van der Waals surface area contributed by atoms with E-state index in [2.05, 4.69) is 9.74 Å². The van der Waals surface area contributed by atoms with Gasteiger partial charge >= 0.3 is 0 Å². The molecule has 0 unspecified atom stereocenters. The van der Waals surface area contributed by atoms with Gasteiger partial charge in [0.1, 0.15) is 12.2 Å². The standard InChI is InChI=1S/C10H16N2O5.ClH/c13-12(14)17-8-6-16-9-7(5-15-10(8)9)11-3-1-2-4-11;/h7-10H,1-6H2;1H/t7-,8-,9+,10+;/m0./s1. The predicted molar refractivity (Wildman–Crippen MR) is 63.2 cm³/mol. The van der Waals surface area contributed by atoms with Gasteiger partial charge in [-0.2, -0.15) is 0 Å². The molecular weight excluding hydrogens is 264 g/mol. The highest BCUT2D eigenvalue weighted by Crippen LogP contribution is 2.32. The van der Waals surface area contributed by atoms with Gasteiger partial charge in [-0.05, 0) is 25.9 Å². The number of rotatable bonds is 3. The molecule has 0 bridgehead atoms. The first-order valence-electron chi connectivity index (χ1n) is 6.04. The molecule has 4 atom stereocenters. The normalized spacial score (nSPS) is 39.3. The molecule has 0 aromatic carbocycles. The highest BCUT2D eigenvalue weighted by atomic mass is 35.5. The SMILES string of the molecule is Cl.O=[N+]([O-])O[C@H]1CO[C@H]2[C@@H]1OC[C@@H]2N1CCCC1. The second-order valence-electron chi connectivity index (χ2n) is 4.77. The van der Waals surface area contributed by atoms with E-state index < -0.39 is 11.2 Å². The zero-order valence-electron chi connectivity index (χ0n) is 9.90. The minimum absolute atomic E-state index is 0. The van der Waals surface area contributed by atoms with Gasteiger partial charge in [0.05, 0.1) is 19.3 Å². The number of fused-ring (bicyclic) bond motifs is 1. The van der Waals surface area contributed by atoms with Gasteiger partial charge in [0.25, 0.3) is 5.09 Å². The van der Waals surface area contributed by atoms with Gasteiger partial charge in [-0.1, -0.05) is 0 Å². The summed E-state index contributed by atoms with van der Waals surface area (Å²) in [6.45, 7) is 2.98. The molecule has 3 rings (SSSR count). The predicted octanol–water partition coefficient (Wildman–Crippen LogP) is 0.247. The number of likely N-dealkylation sites (tertiary alicyclic amines) is 1. The molecule has 104 valence electrons. The summed E-state index contributed by atoms with van der Waals surface area (Å²) in [5.41, 5.74) is 0. The average molecular weight is 281 g/mol. The van der Waals surface area contributed by atoms with Crippen LogP contribution in [0, 0.1) is 10.1 Å². The lowest BCUT2D eigenvalue weighted by atomic mass is 10.1. The summed E-state index contributed by atoms with van der Waals surface area (Å²) in [5, 5.41) is 9.58. The highest BCUT2D eigenvalue weighted by Gasteiger charge is 2.51. The third-order valence-electron chi connectivity index (χ3n) is 3.81. The second-order valence-corrected chi connectivity index (χ2v) is 4.77. The summed E-state index contributed by atoms with van der Waals surface area (Å²) < 4.78 is 11.2. The van der Waals surface area contributed by atoms with E-state index in [0.29, 0.717) is 6.61 Å². The van der Waals surface area contributed by atoms with Gasteiger partial charge in [0.15, 0.2) is 6.10 Å². The summed E-state index contributed by atoms with van der Waals surface area (Å²) in [5.74, 6) is 0. The maximum atomic E-state index is 10.3. The van der Waals surface area contributed by atoms with Crippen molar-refractivity contribution >= 4 is 12.4 Å². The Bertz CT molecular complexity index is 313. The van der Waals surface area contributed by atoms with E-state index in [9.17, 15) is 10.1 Å². The van der Waals surface area contributed by atoms with Gasteiger partial charge in [-0.25, -0.2) is 0 Å². The lowest BCUT2D eigenvalue weighted by Crippen LogP contribution is -2.43. The molecule has 0 N–H and O–H groups in total. The maximum absolute atomic E-state index is 10.3. The number of ether oxygens (including phenoxy) is 2. The van der Waals surface area contributed by atoms with Crippen LogP contribution in [0.3, 0.4) is 0 Å². The summed E-state index contributed by atoms with van der Waals surface area (Å²) in [7, 11) is 0. The zero-order valence-corrected chi connectivity index (χ0v) is 10.7. The Labute approximate surface area is 111 Å². The molecule has 0 aromatic rings. The largest absolute Gasteiger partial charge is 0.371 e. The third-order valence-corrected chi connectivity index (χ3v) is 3.81. The van der Waals surface area contributed by atoms with Crippen LogP contribution >= 0.6 is 12.4 Å². The summed E-state index contributed by atoms with van der Waals surface area (Å²) in [6, 6.07) is 0.239. The quantitative estimate of drug-likeness (QED) is 0.545.